The number of nitrogens with two attached hydrogens (primary N) is 1. The number of carbonyl (C=O) groups excluding carboxylic acids is 1. The molecule has 1 aromatic rings. The molecule has 4 N–H and O–H groups in total. The van der Waals surface area contributed by atoms with Gasteiger partial charge in [0.2, 0.25) is 5.91 Å². The van der Waals surface area contributed by atoms with Gasteiger partial charge in [-0.05, 0) is 31.4 Å². The molecule has 0 aliphatic heterocycles. The van der Waals surface area contributed by atoms with E-state index in [0.29, 0.717) is 18.9 Å². The minimum Gasteiger partial charge on any atom is -0.381 e. The first-order valence-corrected chi connectivity index (χ1v) is 8.71. The summed E-state index contributed by atoms with van der Waals surface area (Å²) >= 11 is 0. The molecule has 24 heavy (non-hydrogen) atoms. The Kier molecular flexibility index (Phi) is 6.97. The van der Waals surface area contributed by atoms with E-state index < -0.39 is 17.7 Å². The topological polar surface area (TPSA) is 67.1 Å². The molecule has 1 aromatic carbocycles. The summed E-state index contributed by atoms with van der Waals surface area (Å²) < 4.78 is 26.7. The van der Waals surface area contributed by atoms with Gasteiger partial charge < -0.3 is 16.4 Å². The fourth-order valence-corrected chi connectivity index (χ4v) is 3.19. The Balaban J connectivity index is 1.75. The maximum atomic E-state index is 13.6. The molecule has 6 heteroatoms. The van der Waals surface area contributed by atoms with E-state index in [1.54, 1.807) is 6.92 Å². The number of benzene rings is 1. The number of anilines is 1. The average molecular weight is 339 g/mol. The lowest BCUT2D eigenvalue weighted by Gasteiger charge is -2.25. The molecule has 1 aliphatic carbocycles. The van der Waals surface area contributed by atoms with Crippen LogP contribution in [0.1, 0.15) is 45.4 Å². The van der Waals surface area contributed by atoms with E-state index in [1.807, 2.05) is 0 Å². The van der Waals surface area contributed by atoms with Crippen molar-refractivity contribution in [3.63, 3.8) is 0 Å². The third-order valence-electron chi connectivity index (χ3n) is 4.59. The zero-order chi connectivity index (χ0) is 17.5. The van der Waals surface area contributed by atoms with E-state index in [0.717, 1.165) is 18.9 Å². The van der Waals surface area contributed by atoms with Crippen LogP contribution in [0, 0.1) is 17.6 Å². The molecule has 0 saturated heterocycles. The van der Waals surface area contributed by atoms with Crippen molar-refractivity contribution >= 4 is 11.6 Å². The molecule has 0 unspecified atom stereocenters. The first-order chi connectivity index (χ1) is 11.5. The highest BCUT2D eigenvalue weighted by atomic mass is 19.2. The van der Waals surface area contributed by atoms with Crippen LogP contribution in [0.4, 0.5) is 14.5 Å². The van der Waals surface area contributed by atoms with Gasteiger partial charge in [-0.15, -0.1) is 0 Å². The van der Waals surface area contributed by atoms with Crippen molar-refractivity contribution in [3.05, 3.63) is 29.8 Å². The molecule has 0 spiro atoms. The molecule has 0 radical (unpaired) electrons. The second-order valence-electron chi connectivity index (χ2n) is 6.74. The average Bonchev–Trinajstić information content (AvgIpc) is 2.57. The van der Waals surface area contributed by atoms with E-state index in [1.165, 1.54) is 31.4 Å². The molecule has 1 amide bonds. The molecule has 1 aliphatic rings. The van der Waals surface area contributed by atoms with Crippen LogP contribution < -0.4 is 16.4 Å². The van der Waals surface area contributed by atoms with Crippen LogP contribution in [-0.2, 0) is 4.79 Å². The first-order valence-electron chi connectivity index (χ1n) is 8.71. The highest BCUT2D eigenvalue weighted by Crippen LogP contribution is 2.27. The molecule has 4 nitrogen and oxygen atoms in total. The number of rotatable bonds is 7. The summed E-state index contributed by atoms with van der Waals surface area (Å²) in [5.74, 6) is -1.46. The number of hydrogen-bond acceptors (Lipinski definition) is 3. The SMILES string of the molecule is C[C@@H](CNc1cccc(F)c1F)NC(=O)[C@@H](N)CC1CCCCC1. The Morgan fingerprint density at radius 3 is 2.71 bits per heavy atom. The second-order valence-corrected chi connectivity index (χ2v) is 6.74. The van der Waals surface area contributed by atoms with Crippen LogP contribution >= 0.6 is 0 Å². The molecule has 0 heterocycles. The van der Waals surface area contributed by atoms with Crippen molar-refractivity contribution in [2.24, 2.45) is 11.7 Å². The van der Waals surface area contributed by atoms with Gasteiger partial charge in [0.1, 0.15) is 0 Å². The molecule has 134 valence electrons. The van der Waals surface area contributed by atoms with Gasteiger partial charge in [0.25, 0.3) is 0 Å². The predicted octanol–water partition coefficient (Wildman–Crippen LogP) is 3.18. The van der Waals surface area contributed by atoms with Crippen LogP contribution in [0.5, 0.6) is 0 Å². The van der Waals surface area contributed by atoms with Crippen LogP contribution in [0.3, 0.4) is 0 Å². The van der Waals surface area contributed by atoms with Gasteiger partial charge in [-0.25, -0.2) is 8.78 Å². The number of halogens is 2. The van der Waals surface area contributed by atoms with E-state index in [4.69, 9.17) is 5.73 Å². The van der Waals surface area contributed by atoms with Gasteiger partial charge in [0, 0.05) is 12.6 Å². The number of nitrogens with one attached hydrogen (secondary N) is 2. The summed E-state index contributed by atoms with van der Waals surface area (Å²) in [5.41, 5.74) is 6.09. The van der Waals surface area contributed by atoms with Crippen molar-refractivity contribution in [2.75, 3.05) is 11.9 Å². The Bertz CT molecular complexity index is 547. The smallest absolute Gasteiger partial charge is 0.237 e. The van der Waals surface area contributed by atoms with Crippen molar-refractivity contribution in [2.45, 2.75) is 57.5 Å². The molecule has 0 bridgehead atoms. The summed E-state index contributed by atoms with van der Waals surface area (Å²) in [5, 5.41) is 5.64. The second kappa shape index (κ2) is 8.97. The fraction of sp³-hybridized carbons (Fsp3) is 0.611. The zero-order valence-corrected chi connectivity index (χ0v) is 14.2. The number of carbonyl (C=O) groups is 1. The molecule has 2 rings (SSSR count). The van der Waals surface area contributed by atoms with Crippen LogP contribution in [0.2, 0.25) is 0 Å². The minimum atomic E-state index is -0.912. The lowest BCUT2D eigenvalue weighted by molar-refractivity contribution is -0.123. The standard InChI is InChI=1S/C18H27F2N3O/c1-12(11-22-16-9-5-8-14(19)17(16)20)23-18(24)15(21)10-13-6-3-2-4-7-13/h5,8-9,12-13,15,22H,2-4,6-7,10-11,21H2,1H3,(H,23,24)/t12-,15-/m0/s1. The largest absolute Gasteiger partial charge is 0.381 e. The lowest BCUT2D eigenvalue weighted by Crippen LogP contribution is -2.47. The van der Waals surface area contributed by atoms with Crippen molar-refractivity contribution in [1.29, 1.82) is 0 Å². The van der Waals surface area contributed by atoms with Crippen molar-refractivity contribution < 1.29 is 13.6 Å². The number of hydrogen-bond donors (Lipinski definition) is 3. The van der Waals surface area contributed by atoms with Crippen LogP contribution in [0.15, 0.2) is 18.2 Å². The maximum Gasteiger partial charge on any atom is 0.237 e. The van der Waals surface area contributed by atoms with Gasteiger partial charge in [-0.1, -0.05) is 38.2 Å². The van der Waals surface area contributed by atoms with Gasteiger partial charge in [-0.2, -0.15) is 0 Å². The Morgan fingerprint density at radius 1 is 1.29 bits per heavy atom. The van der Waals surface area contributed by atoms with Gasteiger partial charge in [0.05, 0.1) is 11.7 Å². The van der Waals surface area contributed by atoms with Crippen molar-refractivity contribution in [1.82, 2.24) is 5.32 Å². The quantitative estimate of drug-likeness (QED) is 0.715. The highest BCUT2D eigenvalue weighted by Gasteiger charge is 2.22. The fourth-order valence-electron chi connectivity index (χ4n) is 3.19. The third kappa shape index (κ3) is 5.44. The lowest BCUT2D eigenvalue weighted by atomic mass is 9.85. The molecule has 1 saturated carbocycles. The predicted molar refractivity (Wildman–Crippen MR) is 91.6 cm³/mol. The van der Waals surface area contributed by atoms with Crippen LogP contribution in [-0.4, -0.2) is 24.5 Å². The Hall–Kier alpha value is -1.69. The minimum absolute atomic E-state index is 0.0857. The normalized spacial score (nSPS) is 18.0. The summed E-state index contributed by atoms with van der Waals surface area (Å²) in [4.78, 5) is 12.2. The van der Waals surface area contributed by atoms with E-state index in [9.17, 15) is 13.6 Å². The van der Waals surface area contributed by atoms with Gasteiger partial charge >= 0.3 is 0 Å². The molecular formula is C18H27F2N3O. The Morgan fingerprint density at radius 2 is 2.00 bits per heavy atom. The summed E-state index contributed by atoms with van der Waals surface area (Å²) in [6, 6.07) is 3.21. The van der Waals surface area contributed by atoms with E-state index in [-0.39, 0.29) is 17.6 Å². The molecule has 0 aromatic heterocycles. The molecular weight excluding hydrogens is 312 g/mol. The summed E-state index contributed by atoms with van der Waals surface area (Å²) in [7, 11) is 0. The number of amides is 1. The third-order valence-corrected chi connectivity index (χ3v) is 4.59. The van der Waals surface area contributed by atoms with E-state index in [2.05, 4.69) is 10.6 Å². The highest BCUT2D eigenvalue weighted by molar-refractivity contribution is 5.81. The molecule has 2 atom stereocenters. The Labute approximate surface area is 142 Å². The van der Waals surface area contributed by atoms with Crippen molar-refractivity contribution in [3.8, 4) is 0 Å². The van der Waals surface area contributed by atoms with E-state index >= 15 is 0 Å². The van der Waals surface area contributed by atoms with Crippen LogP contribution in [0.25, 0.3) is 0 Å². The zero-order valence-electron chi connectivity index (χ0n) is 14.2. The van der Waals surface area contributed by atoms with Gasteiger partial charge in [0.15, 0.2) is 11.6 Å². The summed E-state index contributed by atoms with van der Waals surface area (Å²) in [6.45, 7) is 2.09. The molecule has 1 fully saturated rings. The first kappa shape index (κ1) is 18.6. The van der Waals surface area contributed by atoms with Gasteiger partial charge in [-0.3, -0.25) is 4.79 Å². The summed E-state index contributed by atoms with van der Waals surface area (Å²) in [6.07, 6.45) is 6.73. The maximum absolute atomic E-state index is 13.6. The monoisotopic (exact) mass is 339 g/mol.